The van der Waals surface area contributed by atoms with Crippen molar-refractivity contribution in [3.05, 3.63) is 12.7 Å². The summed E-state index contributed by atoms with van der Waals surface area (Å²) in [6.07, 6.45) is -8.11. The first kappa shape index (κ1) is 50.1. The number of quaternary nitrogens is 1. The maximum Gasteiger partial charge on any atom is 0.311 e. The molecule has 3 aliphatic heterocycles. The number of carbonyl (C=O) groups excluding carboxylic acids is 2. The topological polar surface area (TPSA) is 191 Å². The first-order valence-corrected chi connectivity index (χ1v) is 19.6. The van der Waals surface area contributed by atoms with Gasteiger partial charge in [0.15, 0.2) is 18.7 Å². The van der Waals surface area contributed by atoms with Gasteiger partial charge >= 0.3 is 5.97 Å². The van der Waals surface area contributed by atoms with Crippen LogP contribution in [0.15, 0.2) is 12.7 Å². The number of methoxy groups -OCH3 is 1. The lowest BCUT2D eigenvalue weighted by atomic mass is 9.74. The van der Waals surface area contributed by atoms with Gasteiger partial charge in [-0.15, -0.1) is 0 Å². The zero-order valence-corrected chi connectivity index (χ0v) is 36.9. The smallest absolute Gasteiger partial charge is 0.311 e. The molecule has 15 heteroatoms. The van der Waals surface area contributed by atoms with E-state index in [9.17, 15) is 35.1 Å². The molecule has 0 bridgehead atoms. The molecule has 0 aromatic heterocycles. The molecule has 0 aromatic carbocycles. The number of Topliss-reactive ketones (excluding diaryl/α,β-unsaturated/α-hetero) is 1. The molecule has 0 radical (unpaired) electrons. The van der Waals surface area contributed by atoms with Gasteiger partial charge < -0.3 is 75.4 Å². The Labute approximate surface area is 339 Å². The summed E-state index contributed by atoms with van der Waals surface area (Å²) in [4.78, 5) is 28.1. The molecular weight excluding hydrogens is 782 g/mol. The van der Waals surface area contributed by atoms with Crippen molar-refractivity contribution in [1.29, 1.82) is 0 Å². The van der Waals surface area contributed by atoms with Gasteiger partial charge in [0.1, 0.15) is 29.6 Å². The molecule has 0 amide bonds. The highest BCUT2D eigenvalue weighted by Crippen LogP contribution is 2.41. The van der Waals surface area contributed by atoms with Gasteiger partial charge in [0.05, 0.1) is 68.3 Å². The van der Waals surface area contributed by atoms with E-state index in [1.54, 1.807) is 47.6 Å². The average molecular weight is 855 g/mol. The van der Waals surface area contributed by atoms with Crippen molar-refractivity contribution in [3.8, 4) is 0 Å². The molecule has 18 atom stereocenters. The molecular formula is C40H72BrNO13. The Balaban J connectivity index is 0.0000105. The number of hydrogen-bond donors (Lipinski definition) is 5. The quantitative estimate of drug-likeness (QED) is 0.114. The molecule has 3 heterocycles. The molecule has 3 saturated heterocycles. The fourth-order valence-electron chi connectivity index (χ4n) is 9.06. The van der Waals surface area contributed by atoms with Crippen LogP contribution in [0.4, 0.5) is 0 Å². The standard InChI is InChI=1S/C40H72NO13.BrH/c1-15-17-41(12,13)27-18-22(4)50-37(31(27)43)54-35-24(6)32(53-29-20-39(10,49-14)34(45)26(8)51-29)25(7)36(46)52-28(16-2)40(11,48)33(44)23(5)30(42)21(3)19-38(35,9)47;/h15,21-29,31-35,37,43-45,47-48H,1,16-20H2,2-14H3;1H/q+1;/p-1/t21-,22?,23+,24+,25-,26+,27+,28-,29+,31-,32+,33-,34+,35-,37?,38-,39-,40-;/m1./s1. The van der Waals surface area contributed by atoms with Gasteiger partial charge in [-0.25, -0.2) is 0 Å². The number of ketones is 1. The number of hydrogen-bond acceptors (Lipinski definition) is 13. The summed E-state index contributed by atoms with van der Waals surface area (Å²) in [5.41, 5.74) is -4.88. The van der Waals surface area contributed by atoms with Gasteiger partial charge in [0.25, 0.3) is 0 Å². The summed E-state index contributed by atoms with van der Waals surface area (Å²) < 4.78 is 37.8. The Kier molecular flexibility index (Phi) is 17.6. The van der Waals surface area contributed by atoms with Crippen molar-refractivity contribution in [2.75, 3.05) is 27.7 Å². The second kappa shape index (κ2) is 19.3. The molecule has 5 N–H and O–H groups in total. The average Bonchev–Trinajstić information content (AvgIpc) is 3.09. The van der Waals surface area contributed by atoms with Crippen molar-refractivity contribution < 1.29 is 85.0 Å². The van der Waals surface area contributed by atoms with Crippen LogP contribution in [0.1, 0.15) is 94.9 Å². The number of nitrogens with zero attached hydrogens (tertiary/aromatic N) is 1. The van der Waals surface area contributed by atoms with Crippen LogP contribution < -0.4 is 17.0 Å². The van der Waals surface area contributed by atoms with E-state index in [-0.39, 0.29) is 48.4 Å². The van der Waals surface area contributed by atoms with E-state index in [2.05, 4.69) is 6.58 Å². The molecule has 0 aromatic rings. The van der Waals surface area contributed by atoms with Gasteiger partial charge in [0, 0.05) is 37.7 Å². The number of rotatable bonds is 9. The molecule has 55 heavy (non-hydrogen) atoms. The van der Waals surface area contributed by atoms with E-state index in [0.29, 0.717) is 17.4 Å². The summed E-state index contributed by atoms with van der Waals surface area (Å²) in [5.74, 6) is -5.04. The van der Waals surface area contributed by atoms with Gasteiger partial charge in [-0.3, -0.25) is 9.59 Å². The van der Waals surface area contributed by atoms with E-state index < -0.39 is 108 Å². The van der Waals surface area contributed by atoms with Crippen molar-refractivity contribution >= 4 is 11.8 Å². The fourth-order valence-corrected chi connectivity index (χ4v) is 9.06. The van der Waals surface area contributed by atoms with Crippen molar-refractivity contribution in [3.63, 3.8) is 0 Å². The summed E-state index contributed by atoms with van der Waals surface area (Å²) in [5, 5.41) is 58.3. The highest BCUT2D eigenvalue weighted by molar-refractivity contribution is 5.83. The van der Waals surface area contributed by atoms with Gasteiger partial charge in [0.2, 0.25) is 0 Å². The maximum absolute atomic E-state index is 14.2. The fraction of sp³-hybridized carbons (Fsp3) is 0.900. The van der Waals surface area contributed by atoms with Crippen LogP contribution in [0.25, 0.3) is 0 Å². The Morgan fingerprint density at radius 1 is 0.927 bits per heavy atom. The molecule has 3 aliphatic rings. The van der Waals surface area contributed by atoms with Gasteiger partial charge in [-0.1, -0.05) is 34.3 Å². The second-order valence-corrected chi connectivity index (χ2v) is 17.8. The Hall–Kier alpha value is -1.08. The Morgan fingerprint density at radius 3 is 2.07 bits per heavy atom. The van der Waals surface area contributed by atoms with E-state index in [1.807, 2.05) is 21.0 Å². The van der Waals surface area contributed by atoms with Gasteiger partial charge in [-0.2, -0.15) is 0 Å². The number of aliphatic hydroxyl groups is 5. The van der Waals surface area contributed by atoms with Crippen LogP contribution in [-0.4, -0.2) is 154 Å². The first-order valence-electron chi connectivity index (χ1n) is 19.6. The van der Waals surface area contributed by atoms with Crippen molar-refractivity contribution in [1.82, 2.24) is 0 Å². The molecule has 14 nitrogen and oxygen atoms in total. The van der Waals surface area contributed by atoms with E-state index in [1.165, 1.54) is 27.9 Å². The number of carbonyl (C=O) groups is 2. The number of aliphatic hydroxyl groups excluding tert-OH is 3. The van der Waals surface area contributed by atoms with Crippen molar-refractivity contribution in [2.24, 2.45) is 23.7 Å². The summed E-state index contributed by atoms with van der Waals surface area (Å²) in [7, 11) is 5.46. The molecule has 3 rings (SSSR count). The van der Waals surface area contributed by atoms with Crippen LogP contribution in [0.3, 0.4) is 0 Å². The van der Waals surface area contributed by atoms with Crippen LogP contribution >= 0.6 is 0 Å². The third kappa shape index (κ3) is 11.0. The first-order chi connectivity index (χ1) is 24.8. The Bertz CT molecular complexity index is 1280. The molecule has 3 fully saturated rings. The van der Waals surface area contributed by atoms with E-state index >= 15 is 0 Å². The number of ether oxygens (including phenoxy) is 6. The van der Waals surface area contributed by atoms with Crippen molar-refractivity contribution in [2.45, 2.75) is 179 Å². The summed E-state index contributed by atoms with van der Waals surface area (Å²) in [6, 6.07) is -0.326. The van der Waals surface area contributed by atoms with E-state index in [4.69, 9.17) is 28.4 Å². The predicted octanol–water partition coefficient (Wildman–Crippen LogP) is -0.510. The Morgan fingerprint density at radius 2 is 1.53 bits per heavy atom. The van der Waals surface area contributed by atoms with Crippen LogP contribution in [0.5, 0.6) is 0 Å². The number of cyclic esters (lactones) is 1. The van der Waals surface area contributed by atoms with Crippen LogP contribution in [0, 0.1) is 23.7 Å². The summed E-state index contributed by atoms with van der Waals surface area (Å²) >= 11 is 0. The molecule has 322 valence electrons. The predicted molar refractivity (Wildman–Crippen MR) is 200 cm³/mol. The molecule has 0 aliphatic carbocycles. The van der Waals surface area contributed by atoms with E-state index in [0.717, 1.165) is 0 Å². The minimum absolute atomic E-state index is 0. The lowest BCUT2D eigenvalue weighted by Gasteiger charge is -2.50. The zero-order valence-electron chi connectivity index (χ0n) is 35.3. The zero-order chi connectivity index (χ0) is 41.3. The SMILES string of the molecule is C=CC[N+](C)(C)[C@H]1CC(C)OC(O[C@@H]2[C@@H](C)[C@H](O[C@H]3C[C@@](C)(OC)[C@@H](O)[C@H](C)O3)[C@@H](C)C(=O)O[C@H](CC)[C@@](C)(O)[C@H](O)[C@@H](C)C(=O)[C@H](C)C[C@@]2(C)O)[C@@H]1O.[Br-]. The molecule has 2 unspecified atom stereocenters. The monoisotopic (exact) mass is 853 g/mol. The third-order valence-electron chi connectivity index (χ3n) is 12.7. The highest BCUT2D eigenvalue weighted by Gasteiger charge is 2.54. The normalized spacial score (nSPS) is 46.9. The number of likely N-dealkylation sites (N-methyl/N-ethyl adjacent to an activating group) is 1. The number of esters is 1. The molecule has 0 spiro atoms. The maximum atomic E-state index is 14.2. The van der Waals surface area contributed by atoms with Crippen LogP contribution in [0.2, 0.25) is 0 Å². The molecule has 0 saturated carbocycles. The third-order valence-corrected chi connectivity index (χ3v) is 12.7. The van der Waals surface area contributed by atoms with Crippen LogP contribution in [-0.2, 0) is 38.0 Å². The van der Waals surface area contributed by atoms with Gasteiger partial charge in [-0.05, 0) is 60.5 Å². The lowest BCUT2D eigenvalue weighted by Crippen LogP contribution is -3.00. The summed E-state index contributed by atoms with van der Waals surface area (Å²) in [6.45, 7) is 20.8. The lowest BCUT2D eigenvalue weighted by molar-refractivity contribution is -0.916. The largest absolute Gasteiger partial charge is 1.00 e. The second-order valence-electron chi connectivity index (χ2n) is 17.8. The minimum atomic E-state index is -2.00. The number of halogens is 1. The minimum Gasteiger partial charge on any atom is -1.00 e. The highest BCUT2D eigenvalue weighted by atomic mass is 79.9.